The van der Waals surface area contributed by atoms with Crippen molar-refractivity contribution >= 4 is 5.91 Å². The van der Waals surface area contributed by atoms with Gasteiger partial charge in [0.2, 0.25) is 12.7 Å². The van der Waals surface area contributed by atoms with E-state index in [0.29, 0.717) is 49.8 Å². The Kier molecular flexibility index (Phi) is 6.22. The maximum atomic E-state index is 13.2. The third-order valence-electron chi connectivity index (χ3n) is 6.05. The lowest BCUT2D eigenvalue weighted by Gasteiger charge is -2.26. The van der Waals surface area contributed by atoms with E-state index in [1.165, 1.54) is 0 Å². The summed E-state index contributed by atoms with van der Waals surface area (Å²) in [6.07, 6.45) is 1.61. The van der Waals surface area contributed by atoms with Crippen molar-refractivity contribution in [1.29, 1.82) is 0 Å². The summed E-state index contributed by atoms with van der Waals surface area (Å²) in [5.74, 6) is 2.81. The number of fused-ring (bicyclic) bond motifs is 3. The summed E-state index contributed by atoms with van der Waals surface area (Å²) in [6.45, 7) is 5.39. The summed E-state index contributed by atoms with van der Waals surface area (Å²) in [5, 5.41) is 0. The van der Waals surface area contributed by atoms with Gasteiger partial charge in [-0.3, -0.25) is 9.69 Å². The number of likely N-dealkylation sites (N-methyl/N-ethyl adjacent to an activating group) is 1. The Balaban J connectivity index is 1.42. The van der Waals surface area contributed by atoms with Gasteiger partial charge in [-0.05, 0) is 54.4 Å². The second kappa shape index (κ2) is 9.61. The van der Waals surface area contributed by atoms with Gasteiger partial charge in [0.1, 0.15) is 12.2 Å². The Morgan fingerprint density at radius 3 is 2.56 bits per heavy atom. The van der Waals surface area contributed by atoms with Crippen molar-refractivity contribution in [2.75, 3.05) is 40.1 Å². The van der Waals surface area contributed by atoms with Gasteiger partial charge in [0.15, 0.2) is 23.0 Å². The zero-order valence-electron chi connectivity index (χ0n) is 19.3. The molecule has 2 aromatic carbocycles. The maximum Gasteiger partial charge on any atom is 0.259 e. The van der Waals surface area contributed by atoms with Crippen LogP contribution in [-0.2, 0) is 6.54 Å². The number of benzene rings is 2. The van der Waals surface area contributed by atoms with Gasteiger partial charge in [-0.15, -0.1) is 0 Å². The Labute approximate surface area is 198 Å². The Morgan fingerprint density at radius 2 is 1.71 bits per heavy atom. The first-order valence-corrected chi connectivity index (χ1v) is 11.3. The van der Waals surface area contributed by atoms with Crippen molar-refractivity contribution < 1.29 is 23.7 Å². The van der Waals surface area contributed by atoms with Crippen molar-refractivity contribution in [3.8, 4) is 28.9 Å². The lowest BCUT2D eigenvalue weighted by molar-refractivity contribution is 0.0770. The highest BCUT2D eigenvalue weighted by atomic mass is 16.7. The molecule has 1 amide bonds. The number of carbonyl (C=O) groups excluding carboxylic acids is 1. The number of ether oxygens (including phenoxy) is 4. The van der Waals surface area contributed by atoms with Gasteiger partial charge in [0.25, 0.3) is 5.91 Å². The topological polar surface area (TPSA) is 73.4 Å². The van der Waals surface area contributed by atoms with Crippen molar-refractivity contribution in [1.82, 2.24) is 14.8 Å². The number of amides is 1. The van der Waals surface area contributed by atoms with Crippen molar-refractivity contribution in [2.45, 2.75) is 13.5 Å². The van der Waals surface area contributed by atoms with Gasteiger partial charge >= 0.3 is 0 Å². The number of para-hydroxylation sites is 2. The number of nitrogens with zero attached hydrogens (tertiary/aromatic N) is 3. The number of hydrogen-bond donors (Lipinski definition) is 0. The molecule has 8 nitrogen and oxygen atoms in total. The van der Waals surface area contributed by atoms with Crippen molar-refractivity contribution in [2.24, 2.45) is 0 Å². The van der Waals surface area contributed by atoms with Gasteiger partial charge in [-0.25, -0.2) is 4.98 Å². The molecule has 2 aliphatic heterocycles. The number of rotatable bonds is 2. The van der Waals surface area contributed by atoms with Gasteiger partial charge < -0.3 is 23.8 Å². The van der Waals surface area contributed by atoms with Crippen LogP contribution >= 0.6 is 0 Å². The molecule has 3 aromatic rings. The minimum atomic E-state index is -0.139. The highest BCUT2D eigenvalue weighted by Crippen LogP contribution is 2.35. The number of aromatic nitrogens is 1. The number of aryl methyl sites for hydroxylation is 1. The Morgan fingerprint density at radius 1 is 0.912 bits per heavy atom. The smallest absolute Gasteiger partial charge is 0.259 e. The van der Waals surface area contributed by atoms with E-state index in [-0.39, 0.29) is 18.6 Å². The molecule has 0 spiro atoms. The van der Waals surface area contributed by atoms with Crippen LogP contribution in [0.25, 0.3) is 0 Å². The highest BCUT2D eigenvalue weighted by Gasteiger charge is 2.22. The summed E-state index contributed by atoms with van der Waals surface area (Å²) in [6, 6.07) is 15.0. The zero-order valence-corrected chi connectivity index (χ0v) is 19.3. The monoisotopic (exact) mass is 461 g/mol. The van der Waals surface area contributed by atoms with Gasteiger partial charge in [-0.2, -0.15) is 0 Å². The first-order valence-electron chi connectivity index (χ1n) is 11.3. The molecular weight excluding hydrogens is 434 g/mol. The van der Waals surface area contributed by atoms with E-state index in [1.54, 1.807) is 30.3 Å². The van der Waals surface area contributed by atoms with Crippen LogP contribution in [0.2, 0.25) is 0 Å². The molecule has 0 radical (unpaired) electrons. The summed E-state index contributed by atoms with van der Waals surface area (Å²) < 4.78 is 23.2. The number of carbonyl (C=O) groups is 1. The largest absolute Gasteiger partial charge is 0.488 e. The van der Waals surface area contributed by atoms with E-state index in [0.717, 1.165) is 22.6 Å². The maximum absolute atomic E-state index is 13.2. The molecule has 0 saturated carbocycles. The Hall–Kier alpha value is -3.78. The molecule has 0 atom stereocenters. The fourth-order valence-corrected chi connectivity index (χ4v) is 4.04. The highest BCUT2D eigenvalue weighted by molar-refractivity contribution is 5.96. The number of hydrogen-bond acceptors (Lipinski definition) is 7. The lowest BCUT2D eigenvalue weighted by atomic mass is 10.1. The molecule has 3 heterocycles. The fraction of sp³-hybridized carbons (Fsp3) is 0.308. The summed E-state index contributed by atoms with van der Waals surface area (Å²) >= 11 is 0. The van der Waals surface area contributed by atoms with Crippen molar-refractivity contribution in [3.63, 3.8) is 0 Å². The molecule has 2 aliphatic rings. The molecule has 8 heteroatoms. The minimum Gasteiger partial charge on any atom is -0.488 e. The van der Waals surface area contributed by atoms with E-state index in [1.807, 2.05) is 36.4 Å². The number of pyridine rings is 1. The fourth-order valence-electron chi connectivity index (χ4n) is 4.04. The molecule has 34 heavy (non-hydrogen) atoms. The summed E-state index contributed by atoms with van der Waals surface area (Å²) in [5.41, 5.74) is 2.70. The van der Waals surface area contributed by atoms with E-state index in [4.69, 9.17) is 18.9 Å². The summed E-state index contributed by atoms with van der Waals surface area (Å²) in [7, 11) is 1.80. The third kappa shape index (κ3) is 4.63. The SMILES string of the molecule is Cc1cc2c(cc1CN1CCOc3ccccc3Oc3ncccc3C(=O)N(C)CC1)OCO2. The van der Waals surface area contributed by atoms with Crippen LogP contribution in [0, 0.1) is 6.92 Å². The average molecular weight is 462 g/mol. The minimum absolute atomic E-state index is 0.139. The first kappa shape index (κ1) is 22.0. The average Bonchev–Trinajstić information content (AvgIpc) is 3.30. The summed E-state index contributed by atoms with van der Waals surface area (Å²) in [4.78, 5) is 21.5. The molecule has 0 saturated heterocycles. The van der Waals surface area contributed by atoms with Crippen LogP contribution < -0.4 is 18.9 Å². The van der Waals surface area contributed by atoms with E-state index in [9.17, 15) is 4.79 Å². The third-order valence-corrected chi connectivity index (χ3v) is 6.05. The van der Waals surface area contributed by atoms with Crippen LogP contribution in [0.15, 0.2) is 54.7 Å². The zero-order chi connectivity index (χ0) is 23.5. The normalized spacial score (nSPS) is 16.3. The molecule has 5 rings (SSSR count). The molecule has 1 aromatic heterocycles. The van der Waals surface area contributed by atoms with Crippen molar-refractivity contribution in [3.05, 3.63) is 71.4 Å². The van der Waals surface area contributed by atoms with E-state index < -0.39 is 0 Å². The van der Waals surface area contributed by atoms with E-state index in [2.05, 4.69) is 16.8 Å². The second-order valence-corrected chi connectivity index (χ2v) is 8.39. The van der Waals surface area contributed by atoms with E-state index >= 15 is 0 Å². The Bertz CT molecular complexity index is 1200. The van der Waals surface area contributed by atoms with Gasteiger partial charge in [0.05, 0.1) is 0 Å². The predicted octanol–water partition coefficient (Wildman–Crippen LogP) is 3.88. The standard InChI is InChI=1S/C26H27N3O5/c1-18-14-23-24(33-17-32-23)15-19(18)16-29-11-10-28(2)26(30)20-6-5-9-27-25(20)34-22-8-4-3-7-21(22)31-13-12-29/h3-9,14-15H,10-13,16-17H2,1-2H3. The molecule has 0 aliphatic carbocycles. The van der Waals surface area contributed by atoms with Crippen LogP contribution in [0.1, 0.15) is 21.5 Å². The molecule has 0 fully saturated rings. The predicted molar refractivity (Wildman–Crippen MR) is 126 cm³/mol. The van der Waals surface area contributed by atoms with Gasteiger partial charge in [0, 0.05) is 39.4 Å². The van der Waals surface area contributed by atoms with Crippen LogP contribution in [0.4, 0.5) is 0 Å². The molecule has 0 bridgehead atoms. The molecule has 176 valence electrons. The second-order valence-electron chi connectivity index (χ2n) is 8.39. The molecule has 0 unspecified atom stereocenters. The first-order chi connectivity index (χ1) is 16.6. The van der Waals surface area contributed by atoms with Crippen LogP contribution in [-0.4, -0.2) is 60.8 Å². The molecular formula is C26H27N3O5. The quantitative estimate of drug-likeness (QED) is 0.574. The van der Waals surface area contributed by atoms with Gasteiger partial charge in [-0.1, -0.05) is 12.1 Å². The van der Waals surface area contributed by atoms with Crippen LogP contribution in [0.3, 0.4) is 0 Å². The molecule has 0 N–H and O–H groups in total. The van der Waals surface area contributed by atoms with Crippen LogP contribution in [0.5, 0.6) is 28.9 Å². The lowest BCUT2D eigenvalue weighted by Crippen LogP contribution is -2.38.